The Kier molecular flexibility index (Phi) is 4.62. The summed E-state index contributed by atoms with van der Waals surface area (Å²) in [5.74, 6) is -3.53. The Bertz CT molecular complexity index is 248. The summed E-state index contributed by atoms with van der Waals surface area (Å²) in [6.45, 7) is 3.25. The molecule has 0 rings (SSSR count). The van der Waals surface area contributed by atoms with E-state index < -0.39 is 30.3 Å². The maximum absolute atomic E-state index is 10.9. The van der Waals surface area contributed by atoms with E-state index in [-0.39, 0.29) is 5.92 Å². The van der Waals surface area contributed by atoms with Crippen molar-refractivity contribution >= 4 is 17.8 Å². The Morgan fingerprint density at radius 2 is 1.71 bits per heavy atom. The molecule has 3 N–H and O–H groups in total. The van der Waals surface area contributed by atoms with Crippen molar-refractivity contribution in [2.24, 2.45) is 5.92 Å². The Balaban J connectivity index is 4.24. The van der Waals surface area contributed by atoms with Gasteiger partial charge in [0.25, 0.3) is 0 Å². The molecule has 0 heterocycles. The Morgan fingerprint density at radius 3 is 2.00 bits per heavy atom. The number of carbonyl (C=O) groups is 3. The topological polar surface area (TPSA) is 104 Å². The van der Waals surface area contributed by atoms with Crippen LogP contribution in [-0.4, -0.2) is 34.1 Å². The molecule has 0 spiro atoms. The van der Waals surface area contributed by atoms with Crippen LogP contribution in [0.4, 0.5) is 0 Å². The summed E-state index contributed by atoms with van der Waals surface area (Å²) in [5.41, 5.74) is 0. The first-order valence-electron chi connectivity index (χ1n) is 4.08. The third-order valence-electron chi connectivity index (χ3n) is 1.56. The molecule has 0 saturated heterocycles. The quantitative estimate of drug-likeness (QED) is 0.531. The molecule has 0 unspecified atom stereocenters. The van der Waals surface area contributed by atoms with Crippen molar-refractivity contribution in [3.8, 4) is 0 Å². The zero-order valence-corrected chi connectivity index (χ0v) is 7.98. The van der Waals surface area contributed by atoms with Crippen LogP contribution in [0.25, 0.3) is 0 Å². The summed E-state index contributed by atoms with van der Waals surface area (Å²) in [5, 5.41) is 19.1. The minimum atomic E-state index is -1.28. The van der Waals surface area contributed by atoms with Crippen LogP contribution < -0.4 is 5.32 Å². The fourth-order valence-electron chi connectivity index (χ4n) is 0.875. The number of amides is 1. The predicted octanol–water partition coefficient (Wildman–Crippen LogP) is -0.313. The van der Waals surface area contributed by atoms with Crippen molar-refractivity contribution in [2.45, 2.75) is 26.3 Å². The molecule has 0 fully saturated rings. The SMILES string of the molecule is CC(C)[C@@H](NC(=O)CC(=O)O)C(=O)O. The average Bonchev–Trinajstić information content (AvgIpc) is 1.97. The van der Waals surface area contributed by atoms with Gasteiger partial charge < -0.3 is 15.5 Å². The van der Waals surface area contributed by atoms with Gasteiger partial charge in [-0.25, -0.2) is 4.79 Å². The Labute approximate surface area is 80.9 Å². The minimum absolute atomic E-state index is 0.287. The van der Waals surface area contributed by atoms with Gasteiger partial charge in [0, 0.05) is 0 Å². The molecule has 0 aliphatic carbocycles. The number of carboxylic acid groups (broad SMARTS) is 2. The lowest BCUT2D eigenvalue weighted by Crippen LogP contribution is -2.44. The highest BCUT2D eigenvalue weighted by atomic mass is 16.4. The zero-order chi connectivity index (χ0) is 11.3. The fraction of sp³-hybridized carbons (Fsp3) is 0.625. The molecular formula is C8H13NO5. The monoisotopic (exact) mass is 203 g/mol. The van der Waals surface area contributed by atoms with E-state index in [0.717, 1.165) is 0 Å². The lowest BCUT2D eigenvalue weighted by molar-refractivity contribution is -0.146. The maximum Gasteiger partial charge on any atom is 0.326 e. The van der Waals surface area contributed by atoms with Crippen LogP contribution in [0.3, 0.4) is 0 Å². The molecule has 80 valence electrons. The molecule has 6 nitrogen and oxygen atoms in total. The summed E-state index contributed by atoms with van der Waals surface area (Å²) < 4.78 is 0. The molecule has 14 heavy (non-hydrogen) atoms. The maximum atomic E-state index is 10.9. The van der Waals surface area contributed by atoms with Gasteiger partial charge >= 0.3 is 11.9 Å². The van der Waals surface area contributed by atoms with Gasteiger partial charge in [-0.3, -0.25) is 9.59 Å². The van der Waals surface area contributed by atoms with Gasteiger partial charge in [-0.05, 0) is 5.92 Å². The minimum Gasteiger partial charge on any atom is -0.481 e. The molecule has 0 aromatic carbocycles. The van der Waals surface area contributed by atoms with Crippen LogP contribution in [-0.2, 0) is 14.4 Å². The largest absolute Gasteiger partial charge is 0.481 e. The van der Waals surface area contributed by atoms with Crippen molar-refractivity contribution in [2.75, 3.05) is 0 Å². The average molecular weight is 203 g/mol. The highest BCUT2D eigenvalue weighted by Gasteiger charge is 2.23. The van der Waals surface area contributed by atoms with Crippen LogP contribution in [0.2, 0.25) is 0 Å². The molecule has 0 aliphatic rings. The molecule has 0 radical (unpaired) electrons. The predicted molar refractivity (Wildman–Crippen MR) is 46.7 cm³/mol. The Hall–Kier alpha value is -1.59. The second-order valence-electron chi connectivity index (χ2n) is 3.20. The number of nitrogens with one attached hydrogen (secondary N) is 1. The number of hydrogen-bond acceptors (Lipinski definition) is 3. The first kappa shape index (κ1) is 12.4. The molecule has 0 aromatic heterocycles. The molecular weight excluding hydrogens is 190 g/mol. The number of rotatable bonds is 5. The lowest BCUT2D eigenvalue weighted by Gasteiger charge is -2.17. The number of aliphatic carboxylic acids is 2. The fourth-order valence-corrected chi connectivity index (χ4v) is 0.875. The van der Waals surface area contributed by atoms with E-state index in [9.17, 15) is 14.4 Å². The van der Waals surface area contributed by atoms with Gasteiger partial charge in [0.15, 0.2) is 0 Å². The second-order valence-corrected chi connectivity index (χ2v) is 3.20. The first-order valence-corrected chi connectivity index (χ1v) is 4.08. The summed E-state index contributed by atoms with van der Waals surface area (Å²) in [7, 11) is 0. The summed E-state index contributed by atoms with van der Waals surface area (Å²) in [6.07, 6.45) is -0.712. The van der Waals surface area contributed by atoms with Gasteiger partial charge in [-0.15, -0.1) is 0 Å². The van der Waals surface area contributed by atoms with E-state index in [1.165, 1.54) is 0 Å². The molecule has 6 heteroatoms. The third-order valence-corrected chi connectivity index (χ3v) is 1.56. The molecule has 0 aliphatic heterocycles. The van der Waals surface area contributed by atoms with Crippen LogP contribution in [0.1, 0.15) is 20.3 Å². The molecule has 0 aromatic rings. The zero-order valence-electron chi connectivity index (χ0n) is 7.98. The van der Waals surface area contributed by atoms with Crippen molar-refractivity contribution < 1.29 is 24.6 Å². The molecule has 1 amide bonds. The van der Waals surface area contributed by atoms with Crippen molar-refractivity contribution in [1.82, 2.24) is 5.32 Å². The first-order chi connectivity index (χ1) is 6.34. The van der Waals surface area contributed by atoms with E-state index in [4.69, 9.17) is 10.2 Å². The molecule has 0 saturated carbocycles. The van der Waals surface area contributed by atoms with Crippen LogP contribution in [0.5, 0.6) is 0 Å². The van der Waals surface area contributed by atoms with Gasteiger partial charge in [0.2, 0.25) is 5.91 Å². The van der Waals surface area contributed by atoms with E-state index in [0.29, 0.717) is 0 Å². The van der Waals surface area contributed by atoms with Gasteiger partial charge in [0.1, 0.15) is 12.5 Å². The van der Waals surface area contributed by atoms with Gasteiger partial charge in [-0.2, -0.15) is 0 Å². The van der Waals surface area contributed by atoms with Crippen LogP contribution in [0, 0.1) is 5.92 Å². The van der Waals surface area contributed by atoms with Crippen LogP contribution in [0.15, 0.2) is 0 Å². The van der Waals surface area contributed by atoms with E-state index >= 15 is 0 Å². The van der Waals surface area contributed by atoms with Gasteiger partial charge in [0.05, 0.1) is 0 Å². The summed E-state index contributed by atoms with van der Waals surface area (Å²) in [6, 6.07) is -1.04. The van der Waals surface area contributed by atoms with Crippen molar-refractivity contribution in [3.63, 3.8) is 0 Å². The smallest absolute Gasteiger partial charge is 0.326 e. The van der Waals surface area contributed by atoms with E-state index in [1.807, 2.05) is 0 Å². The second kappa shape index (κ2) is 5.21. The van der Waals surface area contributed by atoms with Crippen molar-refractivity contribution in [1.29, 1.82) is 0 Å². The normalized spacial score (nSPS) is 12.2. The van der Waals surface area contributed by atoms with Gasteiger partial charge in [-0.1, -0.05) is 13.8 Å². The number of carboxylic acids is 2. The number of hydrogen-bond donors (Lipinski definition) is 3. The standard InChI is InChI=1S/C8H13NO5/c1-4(2)7(8(13)14)9-5(10)3-6(11)12/h4,7H,3H2,1-2H3,(H,9,10)(H,11,12)(H,13,14)/t7-/m1/s1. The van der Waals surface area contributed by atoms with Crippen molar-refractivity contribution in [3.05, 3.63) is 0 Å². The molecule has 0 bridgehead atoms. The van der Waals surface area contributed by atoms with Crippen LogP contribution >= 0.6 is 0 Å². The summed E-state index contributed by atoms with van der Waals surface area (Å²) >= 11 is 0. The highest BCUT2D eigenvalue weighted by Crippen LogP contribution is 2.01. The molecule has 1 atom stereocenters. The van der Waals surface area contributed by atoms with E-state index in [2.05, 4.69) is 5.32 Å². The number of carbonyl (C=O) groups excluding carboxylic acids is 1. The Morgan fingerprint density at radius 1 is 1.21 bits per heavy atom. The van der Waals surface area contributed by atoms with E-state index in [1.54, 1.807) is 13.8 Å². The highest BCUT2D eigenvalue weighted by molar-refractivity contribution is 5.95. The third kappa shape index (κ3) is 4.44. The summed E-state index contributed by atoms with van der Waals surface area (Å²) in [4.78, 5) is 31.6. The lowest BCUT2D eigenvalue weighted by atomic mass is 10.0.